The van der Waals surface area contributed by atoms with E-state index in [0.29, 0.717) is 35.5 Å². The van der Waals surface area contributed by atoms with Crippen molar-refractivity contribution in [2.45, 2.75) is 137 Å². The summed E-state index contributed by atoms with van der Waals surface area (Å²) in [6.07, 6.45) is 16.1. The van der Waals surface area contributed by atoms with Gasteiger partial charge in [-0.3, -0.25) is 0 Å². The molecule has 7 aliphatic rings. The van der Waals surface area contributed by atoms with Crippen molar-refractivity contribution in [2.75, 3.05) is 0 Å². The third-order valence-corrected chi connectivity index (χ3v) is 15.4. The van der Waals surface area contributed by atoms with E-state index in [1.165, 1.54) is 51.4 Å². The van der Waals surface area contributed by atoms with Crippen molar-refractivity contribution < 1.29 is 10.2 Å². The zero-order chi connectivity index (χ0) is 28.6. The van der Waals surface area contributed by atoms with E-state index in [2.05, 4.69) is 61.5 Å². The third kappa shape index (κ3) is 3.60. The molecular weight excluding hydrogens is 488 g/mol. The van der Waals surface area contributed by atoms with Crippen LogP contribution in [0.4, 0.5) is 0 Å². The van der Waals surface area contributed by atoms with Crippen LogP contribution in [-0.2, 0) is 0 Å². The summed E-state index contributed by atoms with van der Waals surface area (Å²) in [5, 5.41) is 23.9. The average Bonchev–Trinajstić information content (AvgIpc) is 2.86. The Morgan fingerprint density at radius 3 is 2.12 bits per heavy atom. The van der Waals surface area contributed by atoms with Crippen LogP contribution in [-0.4, -0.2) is 21.4 Å². The summed E-state index contributed by atoms with van der Waals surface area (Å²) >= 11 is 0. The Balaban J connectivity index is 1.50. The largest absolute Gasteiger partial charge is 0.390 e. The van der Waals surface area contributed by atoms with Crippen molar-refractivity contribution in [3.05, 3.63) is 22.8 Å². The van der Waals surface area contributed by atoms with Gasteiger partial charge in [0.1, 0.15) is 0 Å². The predicted molar refractivity (Wildman–Crippen MR) is 164 cm³/mol. The minimum Gasteiger partial charge on any atom is -0.390 e. The van der Waals surface area contributed by atoms with Gasteiger partial charge in [0.25, 0.3) is 0 Å². The minimum absolute atomic E-state index is 0.168. The first kappa shape index (κ1) is 28.2. The quantitative estimate of drug-likeness (QED) is 0.361. The van der Waals surface area contributed by atoms with Crippen molar-refractivity contribution in [1.82, 2.24) is 0 Å². The lowest BCUT2D eigenvalue weighted by Crippen LogP contribution is -2.63. The van der Waals surface area contributed by atoms with E-state index in [9.17, 15) is 10.2 Å². The summed E-state index contributed by atoms with van der Waals surface area (Å²) in [4.78, 5) is 0. The Kier molecular flexibility index (Phi) is 6.32. The number of hydrogen-bond donors (Lipinski definition) is 2. The molecular formula is C38H60O2. The van der Waals surface area contributed by atoms with Crippen LogP contribution in [0.15, 0.2) is 22.8 Å². The third-order valence-electron chi connectivity index (χ3n) is 15.4. The van der Waals surface area contributed by atoms with Crippen molar-refractivity contribution in [1.29, 1.82) is 0 Å². The number of fused-ring (bicyclic) bond motifs is 6. The summed E-state index contributed by atoms with van der Waals surface area (Å²) < 4.78 is 0. The van der Waals surface area contributed by atoms with Crippen LogP contribution < -0.4 is 0 Å². The van der Waals surface area contributed by atoms with E-state index in [1.807, 2.05) is 11.1 Å². The Morgan fingerprint density at radius 2 is 1.45 bits per heavy atom. The molecule has 0 radical (unpaired) electrons. The number of aliphatic hydroxyl groups is 2. The Bertz CT molecular complexity index is 1110. The lowest BCUT2D eigenvalue weighted by atomic mass is 9.36. The molecule has 4 saturated carbocycles. The Labute approximate surface area is 245 Å². The molecule has 7 aliphatic carbocycles. The Hall–Kier alpha value is -0.600. The Morgan fingerprint density at radius 1 is 0.775 bits per heavy atom. The molecule has 0 aromatic rings. The molecule has 2 N–H and O–H groups in total. The van der Waals surface area contributed by atoms with Crippen LogP contribution in [0.1, 0.15) is 126 Å². The lowest BCUT2D eigenvalue weighted by molar-refractivity contribution is -0.186. The topological polar surface area (TPSA) is 40.5 Å². The maximum absolute atomic E-state index is 12.0. The normalized spacial score (nSPS) is 55.3. The first-order valence-electron chi connectivity index (χ1n) is 17.6. The molecule has 224 valence electrons. The zero-order valence-corrected chi connectivity index (χ0v) is 27.1. The molecule has 0 aromatic heterocycles. The van der Waals surface area contributed by atoms with Crippen LogP contribution in [0.25, 0.3) is 0 Å². The van der Waals surface area contributed by atoms with Crippen LogP contribution in [0, 0.1) is 75.9 Å². The molecule has 0 aromatic carbocycles. The summed E-state index contributed by atoms with van der Waals surface area (Å²) in [6.45, 7) is 19.6. The van der Waals surface area contributed by atoms with Crippen molar-refractivity contribution >= 4 is 0 Å². The van der Waals surface area contributed by atoms with E-state index in [1.54, 1.807) is 5.57 Å². The van der Waals surface area contributed by atoms with Gasteiger partial charge in [0.15, 0.2) is 0 Å². The van der Waals surface area contributed by atoms with Gasteiger partial charge >= 0.3 is 0 Å². The number of hydrogen-bond acceptors (Lipinski definition) is 2. The van der Waals surface area contributed by atoms with E-state index in [4.69, 9.17) is 0 Å². The fourth-order valence-electron chi connectivity index (χ4n) is 13.8. The fraction of sp³-hybridized carbons (Fsp3) is 0.895. The highest BCUT2D eigenvalue weighted by molar-refractivity contribution is 5.52. The number of rotatable bonds is 2. The van der Waals surface area contributed by atoms with Gasteiger partial charge in [0, 0.05) is 5.92 Å². The predicted octanol–water partition coefficient (Wildman–Crippen LogP) is 8.97. The van der Waals surface area contributed by atoms with Crippen molar-refractivity contribution in [2.24, 2.45) is 75.9 Å². The van der Waals surface area contributed by atoms with E-state index in [-0.39, 0.29) is 16.7 Å². The average molecular weight is 549 g/mol. The molecule has 7 rings (SSSR count). The van der Waals surface area contributed by atoms with Gasteiger partial charge in [-0.05, 0) is 159 Å². The zero-order valence-electron chi connectivity index (χ0n) is 27.1. The van der Waals surface area contributed by atoms with Gasteiger partial charge in [-0.1, -0.05) is 59.6 Å². The first-order valence-corrected chi connectivity index (χ1v) is 17.6. The van der Waals surface area contributed by atoms with E-state index >= 15 is 0 Å². The van der Waals surface area contributed by atoms with E-state index < -0.39 is 11.2 Å². The molecule has 0 heterocycles. The molecule has 40 heavy (non-hydrogen) atoms. The van der Waals surface area contributed by atoms with Crippen LogP contribution in [0.5, 0.6) is 0 Å². The molecule has 2 nitrogen and oxygen atoms in total. The van der Waals surface area contributed by atoms with Crippen LogP contribution in [0.2, 0.25) is 0 Å². The molecule has 0 saturated heterocycles. The van der Waals surface area contributed by atoms with Gasteiger partial charge in [0.05, 0.1) is 11.2 Å². The number of allylic oxidation sites excluding steroid dienone is 3. The first-order chi connectivity index (χ1) is 18.7. The van der Waals surface area contributed by atoms with Crippen LogP contribution >= 0.6 is 0 Å². The molecule has 0 aliphatic heterocycles. The minimum atomic E-state index is -0.608. The lowest BCUT2D eigenvalue weighted by Gasteiger charge is -2.69. The highest BCUT2D eigenvalue weighted by Gasteiger charge is 2.67. The molecule has 2 heteroatoms. The molecule has 13 atom stereocenters. The van der Waals surface area contributed by atoms with Gasteiger partial charge in [-0.15, -0.1) is 0 Å². The summed E-state index contributed by atoms with van der Waals surface area (Å²) in [5.41, 5.74) is 4.70. The second-order valence-corrected chi connectivity index (χ2v) is 18.0. The SMILES string of the molecule is CC(C)C1CCC2C3=C1C1C(C(C)C)CCC4C1C(CC1C(C)(O)CCCC41C)C3=CC1C(C)(O)CCCC21C. The molecule has 0 bridgehead atoms. The van der Waals surface area contributed by atoms with Gasteiger partial charge < -0.3 is 10.2 Å². The second kappa shape index (κ2) is 8.97. The maximum atomic E-state index is 12.0. The van der Waals surface area contributed by atoms with Gasteiger partial charge in [-0.2, -0.15) is 0 Å². The standard InChI is InChI=1S/C38H60O2/c1-21(2)23-11-13-27-31-25(19-29-35(27,5)15-9-17-37(29,7)39)26-20-30-36(6,16-10-18-38(30,8)40)28-14-12-24(22(3)4)34(32(26)28)33(23)31/h19,21-24,26-30,32,34,39-40H,9-18,20H2,1-8H3. The second-order valence-electron chi connectivity index (χ2n) is 18.0. The fourth-order valence-corrected chi connectivity index (χ4v) is 13.8. The van der Waals surface area contributed by atoms with Crippen molar-refractivity contribution in [3.63, 3.8) is 0 Å². The molecule has 0 amide bonds. The molecule has 13 unspecified atom stereocenters. The van der Waals surface area contributed by atoms with Crippen molar-refractivity contribution in [3.8, 4) is 0 Å². The smallest absolute Gasteiger partial charge is 0.0687 e. The highest BCUT2D eigenvalue weighted by atomic mass is 16.3. The summed E-state index contributed by atoms with van der Waals surface area (Å²) in [5.74, 6) is 6.89. The van der Waals surface area contributed by atoms with Gasteiger partial charge in [-0.25, -0.2) is 0 Å². The monoisotopic (exact) mass is 548 g/mol. The summed E-state index contributed by atoms with van der Waals surface area (Å²) in [7, 11) is 0. The van der Waals surface area contributed by atoms with Crippen LogP contribution in [0.3, 0.4) is 0 Å². The molecule has 0 spiro atoms. The van der Waals surface area contributed by atoms with Gasteiger partial charge in [0.2, 0.25) is 0 Å². The molecule has 4 fully saturated rings. The highest BCUT2D eigenvalue weighted by Crippen LogP contribution is 2.73. The maximum Gasteiger partial charge on any atom is 0.0687 e. The summed E-state index contributed by atoms with van der Waals surface area (Å²) in [6, 6.07) is 0. The van der Waals surface area contributed by atoms with E-state index in [0.717, 1.165) is 42.9 Å².